The van der Waals surface area contributed by atoms with Crippen molar-refractivity contribution in [2.24, 2.45) is 0 Å². The number of amides is 2. The van der Waals surface area contributed by atoms with Crippen LogP contribution in [0.15, 0.2) is 17.2 Å². The number of ether oxygens (including phenoxy) is 1. The van der Waals surface area contributed by atoms with Gasteiger partial charge in [-0.1, -0.05) is 0 Å². The molecule has 0 bridgehead atoms. The first kappa shape index (κ1) is 17.4. The van der Waals surface area contributed by atoms with Crippen LogP contribution >= 0.6 is 11.8 Å². The number of aromatic nitrogens is 2. The van der Waals surface area contributed by atoms with Crippen molar-refractivity contribution in [1.29, 1.82) is 0 Å². The van der Waals surface area contributed by atoms with Crippen LogP contribution in [0.3, 0.4) is 0 Å². The number of nitrogens with zero attached hydrogens (tertiary/aromatic N) is 4. The lowest BCUT2D eigenvalue weighted by atomic mass is 10.0. The summed E-state index contributed by atoms with van der Waals surface area (Å²) in [6.07, 6.45) is 5.50. The Morgan fingerprint density at radius 1 is 1.19 bits per heavy atom. The fourth-order valence-electron chi connectivity index (χ4n) is 3.52. The first-order chi connectivity index (χ1) is 12.7. The van der Waals surface area contributed by atoms with Gasteiger partial charge in [0, 0.05) is 38.4 Å². The predicted molar refractivity (Wildman–Crippen MR) is 98.8 cm³/mol. The molecule has 2 amide bonds. The number of thioether (sulfide) groups is 1. The number of nitrogens with one attached hydrogen (secondary N) is 1. The van der Waals surface area contributed by atoms with Gasteiger partial charge in [-0.05, 0) is 36.7 Å². The van der Waals surface area contributed by atoms with Crippen LogP contribution in [0, 0.1) is 0 Å². The Morgan fingerprint density at radius 2 is 1.96 bits per heavy atom. The fraction of sp³-hybridized carbons (Fsp3) is 0.529. The fourth-order valence-corrected chi connectivity index (χ4v) is 4.19. The number of hydrogen-bond donors (Lipinski definition) is 1. The maximum atomic E-state index is 11.7. The molecule has 0 aromatic carbocycles. The van der Waals surface area contributed by atoms with Crippen molar-refractivity contribution in [3.8, 4) is 0 Å². The summed E-state index contributed by atoms with van der Waals surface area (Å²) in [4.78, 5) is 37.0. The molecule has 4 rings (SSSR count). The van der Waals surface area contributed by atoms with E-state index in [1.165, 1.54) is 0 Å². The highest BCUT2D eigenvalue weighted by Crippen LogP contribution is 2.26. The van der Waals surface area contributed by atoms with Crippen molar-refractivity contribution >= 4 is 34.9 Å². The van der Waals surface area contributed by atoms with Gasteiger partial charge in [0.15, 0.2) is 0 Å². The molecular formula is C17H21N5O3S. The van der Waals surface area contributed by atoms with Gasteiger partial charge in [-0.25, -0.2) is 9.97 Å². The van der Waals surface area contributed by atoms with E-state index in [0.717, 1.165) is 64.0 Å². The summed E-state index contributed by atoms with van der Waals surface area (Å²) in [5.74, 6) is 0.306. The van der Waals surface area contributed by atoms with E-state index < -0.39 is 0 Å². The normalized spacial score (nSPS) is 24.3. The zero-order valence-electron chi connectivity index (χ0n) is 14.4. The van der Waals surface area contributed by atoms with Crippen molar-refractivity contribution in [1.82, 2.24) is 20.2 Å². The van der Waals surface area contributed by atoms with Crippen LogP contribution in [-0.4, -0.2) is 71.4 Å². The van der Waals surface area contributed by atoms with Crippen LogP contribution in [0.5, 0.6) is 0 Å². The molecule has 8 nitrogen and oxygen atoms in total. The molecule has 1 N–H and O–H groups in total. The molecule has 9 heteroatoms. The average Bonchev–Trinajstić information content (AvgIpc) is 3.00. The Labute approximate surface area is 156 Å². The van der Waals surface area contributed by atoms with E-state index in [2.05, 4.69) is 25.1 Å². The van der Waals surface area contributed by atoms with Crippen LogP contribution in [0.1, 0.15) is 18.5 Å². The van der Waals surface area contributed by atoms with Gasteiger partial charge in [0.1, 0.15) is 0 Å². The number of carbonyl (C=O) groups excluding carboxylic acids is 2. The summed E-state index contributed by atoms with van der Waals surface area (Å²) in [5.41, 5.74) is 0.637. The standard InChI is InChI=1S/C17H21N5O3S/c23-15-14(26-17(24)20-15)11-12-1-4-18-16(19-12)22-5-2-13(3-6-22)21-7-9-25-10-8-21/h1,4,11,13H,2-3,5-10H2,(H,20,23,24). The molecule has 1 aromatic heterocycles. The Balaban J connectivity index is 1.40. The molecule has 0 aliphatic carbocycles. The van der Waals surface area contributed by atoms with Gasteiger partial charge >= 0.3 is 0 Å². The molecule has 0 spiro atoms. The maximum Gasteiger partial charge on any atom is 0.290 e. The Kier molecular flexibility index (Phi) is 5.18. The van der Waals surface area contributed by atoms with E-state index in [9.17, 15) is 9.59 Å². The highest BCUT2D eigenvalue weighted by molar-refractivity contribution is 8.18. The lowest BCUT2D eigenvalue weighted by Gasteiger charge is -2.40. The van der Waals surface area contributed by atoms with Gasteiger partial charge in [0.2, 0.25) is 5.95 Å². The number of anilines is 1. The molecule has 4 heterocycles. The summed E-state index contributed by atoms with van der Waals surface area (Å²) in [6.45, 7) is 5.51. The maximum absolute atomic E-state index is 11.7. The summed E-state index contributed by atoms with van der Waals surface area (Å²) in [5, 5.41) is 1.90. The molecule has 138 valence electrons. The van der Waals surface area contributed by atoms with E-state index in [1.807, 2.05) is 0 Å². The monoisotopic (exact) mass is 375 g/mol. The van der Waals surface area contributed by atoms with E-state index >= 15 is 0 Å². The Bertz CT molecular complexity index is 727. The topological polar surface area (TPSA) is 87.7 Å². The number of rotatable bonds is 3. The van der Waals surface area contributed by atoms with Crippen LogP contribution in [0.25, 0.3) is 6.08 Å². The number of imide groups is 1. The van der Waals surface area contributed by atoms with Gasteiger partial charge in [-0.2, -0.15) is 0 Å². The molecule has 1 aromatic rings. The van der Waals surface area contributed by atoms with Crippen molar-refractivity contribution in [2.75, 3.05) is 44.3 Å². The minimum Gasteiger partial charge on any atom is -0.379 e. The molecule has 3 aliphatic rings. The third-order valence-electron chi connectivity index (χ3n) is 4.89. The van der Waals surface area contributed by atoms with Crippen LogP contribution in [0.4, 0.5) is 10.7 Å². The molecule has 0 unspecified atom stereocenters. The van der Waals surface area contributed by atoms with E-state index in [4.69, 9.17) is 4.74 Å². The molecule has 3 aliphatic heterocycles. The second-order valence-electron chi connectivity index (χ2n) is 6.50. The summed E-state index contributed by atoms with van der Waals surface area (Å²) in [7, 11) is 0. The van der Waals surface area contributed by atoms with Gasteiger partial charge in [0.05, 0.1) is 23.8 Å². The van der Waals surface area contributed by atoms with Crippen LogP contribution in [-0.2, 0) is 9.53 Å². The van der Waals surface area contributed by atoms with Crippen molar-refractivity contribution in [3.63, 3.8) is 0 Å². The molecule has 0 saturated carbocycles. The lowest BCUT2D eigenvalue weighted by Crippen LogP contribution is -2.49. The second kappa shape index (κ2) is 7.73. The molecule has 3 saturated heterocycles. The minimum absolute atomic E-state index is 0.347. The lowest BCUT2D eigenvalue weighted by molar-refractivity contribution is -0.115. The third kappa shape index (κ3) is 3.89. The SMILES string of the molecule is O=C1NC(=O)C(=Cc2ccnc(N3CCC(N4CCOCC4)CC3)n2)S1. The Hall–Kier alpha value is -1.97. The zero-order valence-corrected chi connectivity index (χ0v) is 15.2. The summed E-state index contributed by atoms with van der Waals surface area (Å²) in [6, 6.07) is 2.35. The van der Waals surface area contributed by atoms with E-state index in [1.54, 1.807) is 18.3 Å². The third-order valence-corrected chi connectivity index (χ3v) is 5.71. The molecular weight excluding hydrogens is 354 g/mol. The second-order valence-corrected chi connectivity index (χ2v) is 7.52. The van der Waals surface area contributed by atoms with Crippen LogP contribution < -0.4 is 10.2 Å². The van der Waals surface area contributed by atoms with E-state index in [0.29, 0.717) is 22.6 Å². The summed E-state index contributed by atoms with van der Waals surface area (Å²) < 4.78 is 5.43. The first-order valence-electron chi connectivity index (χ1n) is 8.84. The van der Waals surface area contributed by atoms with E-state index in [-0.39, 0.29) is 11.1 Å². The van der Waals surface area contributed by atoms with Crippen molar-refractivity contribution in [2.45, 2.75) is 18.9 Å². The number of hydrogen-bond acceptors (Lipinski definition) is 8. The molecule has 0 atom stereocenters. The van der Waals surface area contributed by atoms with Gasteiger partial charge in [-0.15, -0.1) is 0 Å². The quantitative estimate of drug-likeness (QED) is 0.786. The number of piperidine rings is 1. The summed E-state index contributed by atoms with van der Waals surface area (Å²) >= 11 is 0.898. The molecule has 0 radical (unpaired) electrons. The first-order valence-corrected chi connectivity index (χ1v) is 9.65. The highest BCUT2D eigenvalue weighted by atomic mass is 32.2. The zero-order chi connectivity index (χ0) is 17.9. The van der Waals surface area contributed by atoms with Gasteiger partial charge < -0.3 is 9.64 Å². The van der Waals surface area contributed by atoms with Gasteiger partial charge in [-0.3, -0.25) is 19.8 Å². The Morgan fingerprint density at radius 3 is 2.65 bits per heavy atom. The average molecular weight is 375 g/mol. The van der Waals surface area contributed by atoms with Crippen molar-refractivity contribution < 1.29 is 14.3 Å². The molecule has 3 fully saturated rings. The minimum atomic E-state index is -0.369. The number of morpholine rings is 1. The smallest absolute Gasteiger partial charge is 0.290 e. The van der Waals surface area contributed by atoms with Crippen LogP contribution in [0.2, 0.25) is 0 Å². The highest BCUT2D eigenvalue weighted by Gasteiger charge is 2.27. The molecule has 26 heavy (non-hydrogen) atoms. The van der Waals surface area contributed by atoms with Crippen molar-refractivity contribution in [3.05, 3.63) is 22.9 Å². The van der Waals surface area contributed by atoms with Gasteiger partial charge in [0.25, 0.3) is 11.1 Å². The predicted octanol–water partition coefficient (Wildman–Crippen LogP) is 1.10. The number of carbonyl (C=O) groups is 2. The largest absolute Gasteiger partial charge is 0.379 e.